The lowest BCUT2D eigenvalue weighted by Gasteiger charge is -2.23. The van der Waals surface area contributed by atoms with Crippen molar-refractivity contribution in [3.63, 3.8) is 0 Å². The molecule has 0 radical (unpaired) electrons. The third-order valence-electron chi connectivity index (χ3n) is 3.94. The van der Waals surface area contributed by atoms with Crippen molar-refractivity contribution >= 4 is 0 Å². The summed E-state index contributed by atoms with van der Waals surface area (Å²) in [5, 5.41) is 0. The molecule has 0 aromatic carbocycles. The van der Waals surface area contributed by atoms with Crippen molar-refractivity contribution in [3.8, 4) is 0 Å². The summed E-state index contributed by atoms with van der Waals surface area (Å²) in [5.74, 6) is 2.09. The fourth-order valence-electron chi connectivity index (χ4n) is 3.49. The van der Waals surface area contributed by atoms with Crippen LogP contribution in [0.3, 0.4) is 0 Å². The topological polar surface area (TPSA) is 0 Å². The van der Waals surface area contributed by atoms with Gasteiger partial charge in [0.15, 0.2) is 0 Å². The SMILES string of the molecule is C1=C[C@@]23CCC[C@@H]2C[C@@H]1C3. The third kappa shape index (κ3) is 0.457. The number of rotatable bonds is 0. The third-order valence-corrected chi connectivity index (χ3v) is 3.94. The van der Waals surface area contributed by atoms with Gasteiger partial charge in [0.2, 0.25) is 0 Å². The van der Waals surface area contributed by atoms with Crippen LogP contribution in [0.2, 0.25) is 0 Å². The van der Waals surface area contributed by atoms with Crippen molar-refractivity contribution in [2.75, 3.05) is 0 Å². The first-order valence-corrected chi connectivity index (χ1v) is 4.58. The van der Waals surface area contributed by atoms with Gasteiger partial charge in [-0.3, -0.25) is 0 Å². The van der Waals surface area contributed by atoms with E-state index in [9.17, 15) is 0 Å². The number of allylic oxidation sites excluding steroid dienone is 2. The van der Waals surface area contributed by atoms with Gasteiger partial charge >= 0.3 is 0 Å². The van der Waals surface area contributed by atoms with Crippen molar-refractivity contribution in [1.29, 1.82) is 0 Å². The van der Waals surface area contributed by atoms with Crippen LogP contribution in [0.5, 0.6) is 0 Å². The second-order valence-corrected chi connectivity index (χ2v) is 4.38. The highest BCUT2D eigenvalue weighted by atomic mass is 14.5. The molecule has 0 nitrogen and oxygen atoms in total. The Hall–Kier alpha value is -0.260. The van der Waals surface area contributed by atoms with E-state index >= 15 is 0 Å². The van der Waals surface area contributed by atoms with Crippen LogP contribution in [0.1, 0.15) is 32.1 Å². The molecule has 54 valence electrons. The molecule has 2 saturated carbocycles. The van der Waals surface area contributed by atoms with Crippen LogP contribution >= 0.6 is 0 Å². The van der Waals surface area contributed by atoms with E-state index in [2.05, 4.69) is 12.2 Å². The number of hydrogen-bond acceptors (Lipinski definition) is 0. The summed E-state index contributed by atoms with van der Waals surface area (Å²) in [6.07, 6.45) is 12.6. The van der Waals surface area contributed by atoms with Gasteiger partial charge in [-0.2, -0.15) is 0 Å². The second-order valence-electron chi connectivity index (χ2n) is 4.38. The molecule has 0 aromatic heterocycles. The van der Waals surface area contributed by atoms with Crippen LogP contribution in [-0.2, 0) is 0 Å². The summed E-state index contributed by atoms with van der Waals surface area (Å²) in [5.41, 5.74) is 0.741. The van der Waals surface area contributed by atoms with Gasteiger partial charge in [-0.1, -0.05) is 18.6 Å². The van der Waals surface area contributed by atoms with Gasteiger partial charge in [0.1, 0.15) is 0 Å². The van der Waals surface area contributed by atoms with Gasteiger partial charge in [0.25, 0.3) is 0 Å². The molecule has 3 rings (SSSR count). The van der Waals surface area contributed by atoms with E-state index in [1.807, 2.05) is 0 Å². The minimum Gasteiger partial charge on any atom is -0.0848 e. The minimum absolute atomic E-state index is 0.741. The highest BCUT2D eigenvalue weighted by Gasteiger charge is 2.50. The summed E-state index contributed by atoms with van der Waals surface area (Å²) in [6.45, 7) is 0. The minimum atomic E-state index is 0.741. The average molecular weight is 134 g/mol. The normalized spacial score (nSPS) is 56.0. The highest BCUT2D eigenvalue weighted by molar-refractivity contribution is 5.20. The molecule has 0 N–H and O–H groups in total. The Kier molecular flexibility index (Phi) is 0.805. The van der Waals surface area contributed by atoms with Crippen LogP contribution in [0.15, 0.2) is 12.2 Å². The summed E-state index contributed by atoms with van der Waals surface area (Å²) < 4.78 is 0. The van der Waals surface area contributed by atoms with E-state index in [0.29, 0.717) is 0 Å². The van der Waals surface area contributed by atoms with Crippen LogP contribution in [-0.4, -0.2) is 0 Å². The smallest absolute Gasteiger partial charge is 0.00841 e. The Morgan fingerprint density at radius 1 is 1.40 bits per heavy atom. The maximum absolute atomic E-state index is 2.54. The lowest BCUT2D eigenvalue weighted by atomic mass is 9.81. The first-order chi connectivity index (χ1) is 4.89. The molecule has 3 aliphatic rings. The second kappa shape index (κ2) is 1.49. The average Bonchev–Trinajstić information content (AvgIpc) is 2.48. The molecule has 0 saturated heterocycles. The Morgan fingerprint density at radius 2 is 2.40 bits per heavy atom. The number of hydrogen-bond donors (Lipinski definition) is 0. The van der Waals surface area contributed by atoms with Crippen molar-refractivity contribution in [1.82, 2.24) is 0 Å². The van der Waals surface area contributed by atoms with Gasteiger partial charge in [-0.15, -0.1) is 0 Å². The Morgan fingerprint density at radius 3 is 3.20 bits per heavy atom. The maximum Gasteiger partial charge on any atom is -0.00841 e. The molecule has 1 spiro atoms. The van der Waals surface area contributed by atoms with Crippen molar-refractivity contribution in [2.24, 2.45) is 17.3 Å². The molecule has 0 amide bonds. The Labute approximate surface area is 62.3 Å². The van der Waals surface area contributed by atoms with Crippen molar-refractivity contribution in [3.05, 3.63) is 12.2 Å². The van der Waals surface area contributed by atoms with E-state index in [4.69, 9.17) is 0 Å². The van der Waals surface area contributed by atoms with Crippen molar-refractivity contribution in [2.45, 2.75) is 32.1 Å². The fraction of sp³-hybridized carbons (Fsp3) is 0.800. The quantitative estimate of drug-likeness (QED) is 0.447. The van der Waals surface area contributed by atoms with Gasteiger partial charge in [-0.25, -0.2) is 0 Å². The molecule has 3 atom stereocenters. The molecule has 0 aliphatic heterocycles. The maximum atomic E-state index is 2.54. The summed E-state index contributed by atoms with van der Waals surface area (Å²) >= 11 is 0. The summed E-state index contributed by atoms with van der Waals surface area (Å²) in [7, 11) is 0. The zero-order valence-corrected chi connectivity index (χ0v) is 6.34. The molecule has 0 unspecified atom stereocenters. The molecule has 2 fully saturated rings. The number of fused-ring (bicyclic) bond motifs is 1. The molecular formula is C10H14. The molecule has 0 heterocycles. The Bertz CT molecular complexity index is 192. The standard InChI is InChI=1S/C10H14/c1-2-9-6-8-3-5-10(9,4-1)7-8/h3,5,8-9H,1-2,4,6-7H2/t8-,9-,10-/m1/s1. The first-order valence-electron chi connectivity index (χ1n) is 4.58. The van der Waals surface area contributed by atoms with Crippen LogP contribution in [0, 0.1) is 17.3 Å². The predicted octanol–water partition coefficient (Wildman–Crippen LogP) is 2.75. The molecule has 10 heavy (non-hydrogen) atoms. The zero-order valence-electron chi connectivity index (χ0n) is 6.34. The summed E-state index contributed by atoms with van der Waals surface area (Å²) in [6, 6.07) is 0. The van der Waals surface area contributed by atoms with E-state index < -0.39 is 0 Å². The van der Waals surface area contributed by atoms with E-state index in [-0.39, 0.29) is 0 Å². The molecule has 0 heteroatoms. The lowest BCUT2D eigenvalue weighted by Crippen LogP contribution is -2.15. The van der Waals surface area contributed by atoms with Crippen LogP contribution in [0.4, 0.5) is 0 Å². The van der Waals surface area contributed by atoms with Crippen LogP contribution in [0.25, 0.3) is 0 Å². The monoisotopic (exact) mass is 134 g/mol. The highest BCUT2D eigenvalue weighted by Crippen LogP contribution is 2.61. The first kappa shape index (κ1) is 5.40. The van der Waals surface area contributed by atoms with Gasteiger partial charge < -0.3 is 0 Å². The summed E-state index contributed by atoms with van der Waals surface area (Å²) in [4.78, 5) is 0. The van der Waals surface area contributed by atoms with Crippen LogP contribution < -0.4 is 0 Å². The molecule has 0 aromatic rings. The zero-order chi connectivity index (χ0) is 6.60. The van der Waals surface area contributed by atoms with Gasteiger partial charge in [0, 0.05) is 0 Å². The largest absolute Gasteiger partial charge is 0.0848 e. The van der Waals surface area contributed by atoms with Gasteiger partial charge in [-0.05, 0) is 42.9 Å². The van der Waals surface area contributed by atoms with E-state index in [1.165, 1.54) is 32.1 Å². The van der Waals surface area contributed by atoms with Crippen molar-refractivity contribution < 1.29 is 0 Å². The molecule has 3 aliphatic carbocycles. The van der Waals surface area contributed by atoms with E-state index in [0.717, 1.165) is 17.3 Å². The Balaban J connectivity index is 2.07. The van der Waals surface area contributed by atoms with E-state index in [1.54, 1.807) is 0 Å². The lowest BCUT2D eigenvalue weighted by molar-refractivity contribution is 0.332. The molecular weight excluding hydrogens is 120 g/mol. The fourth-order valence-corrected chi connectivity index (χ4v) is 3.49. The molecule has 2 bridgehead atoms. The predicted molar refractivity (Wildman–Crippen MR) is 41.6 cm³/mol. The van der Waals surface area contributed by atoms with Gasteiger partial charge in [0.05, 0.1) is 0 Å².